The number of thioether (sulfide) groups is 1. The Morgan fingerprint density at radius 3 is 2.67 bits per heavy atom. The fourth-order valence-electron chi connectivity index (χ4n) is 2.45. The molecule has 0 aromatic rings. The highest BCUT2D eigenvalue weighted by atomic mass is 32.2. The summed E-state index contributed by atoms with van der Waals surface area (Å²) in [6.45, 7) is 2.36. The van der Waals surface area contributed by atoms with Gasteiger partial charge < -0.3 is 10.1 Å². The van der Waals surface area contributed by atoms with E-state index in [1.165, 1.54) is 38.5 Å². The lowest BCUT2D eigenvalue weighted by molar-refractivity contribution is -0.145. The third-order valence-electron chi connectivity index (χ3n) is 3.65. The Balaban J connectivity index is 1.67. The van der Waals surface area contributed by atoms with Gasteiger partial charge in [0.25, 0.3) is 0 Å². The summed E-state index contributed by atoms with van der Waals surface area (Å²) in [4.78, 5) is 11.8. The van der Waals surface area contributed by atoms with E-state index in [0.717, 1.165) is 17.4 Å². The second-order valence-corrected chi connectivity index (χ2v) is 6.72. The fourth-order valence-corrected chi connectivity index (χ4v) is 3.83. The molecule has 1 atom stereocenters. The molecule has 0 bridgehead atoms. The van der Waals surface area contributed by atoms with Crippen molar-refractivity contribution in [2.75, 3.05) is 12.4 Å². The second-order valence-electron chi connectivity index (χ2n) is 5.31. The van der Waals surface area contributed by atoms with Crippen molar-refractivity contribution in [3.05, 3.63) is 0 Å². The lowest BCUT2D eigenvalue weighted by Crippen LogP contribution is -2.40. The van der Waals surface area contributed by atoms with Crippen LogP contribution in [0.5, 0.6) is 0 Å². The average Bonchev–Trinajstić information content (AvgIpc) is 3.02. The molecule has 0 amide bonds. The summed E-state index contributed by atoms with van der Waals surface area (Å²) in [6, 6.07) is 0.488. The standard InChI is InChI=1S/C14H25NO2S/c1-2-17-14(16)13(15-11-7-8-11)9-10-18-12-5-3-4-6-12/h11-13,15H,2-10H2,1H3. The quantitative estimate of drug-likeness (QED) is 0.689. The van der Waals surface area contributed by atoms with Crippen molar-refractivity contribution in [1.29, 1.82) is 0 Å². The zero-order valence-electron chi connectivity index (χ0n) is 11.3. The van der Waals surface area contributed by atoms with E-state index in [1.54, 1.807) is 0 Å². The second kappa shape index (κ2) is 7.39. The van der Waals surface area contributed by atoms with Crippen molar-refractivity contribution in [1.82, 2.24) is 5.32 Å². The van der Waals surface area contributed by atoms with Crippen LogP contribution in [0.4, 0.5) is 0 Å². The number of hydrogen-bond donors (Lipinski definition) is 1. The minimum Gasteiger partial charge on any atom is -0.465 e. The molecule has 0 aliphatic heterocycles. The van der Waals surface area contributed by atoms with E-state index in [9.17, 15) is 4.79 Å². The minimum absolute atomic E-state index is 0.0589. The van der Waals surface area contributed by atoms with Crippen molar-refractivity contribution in [3.63, 3.8) is 0 Å². The van der Waals surface area contributed by atoms with E-state index in [1.807, 2.05) is 18.7 Å². The first-order valence-electron chi connectivity index (χ1n) is 7.34. The molecule has 0 heterocycles. The molecule has 104 valence electrons. The molecule has 0 aromatic carbocycles. The maximum Gasteiger partial charge on any atom is 0.323 e. The summed E-state index contributed by atoms with van der Waals surface area (Å²) < 4.78 is 5.14. The minimum atomic E-state index is -0.0775. The van der Waals surface area contributed by atoms with Gasteiger partial charge in [-0.2, -0.15) is 11.8 Å². The highest BCUT2D eigenvalue weighted by Crippen LogP contribution is 2.30. The molecular formula is C14H25NO2S. The summed E-state index contributed by atoms with van der Waals surface area (Å²) in [5.74, 6) is 1.02. The third kappa shape index (κ3) is 4.81. The molecule has 0 radical (unpaired) electrons. The molecule has 2 rings (SSSR count). The summed E-state index contributed by atoms with van der Waals surface area (Å²) in [5.41, 5.74) is 0. The van der Waals surface area contributed by atoms with E-state index in [0.29, 0.717) is 12.6 Å². The van der Waals surface area contributed by atoms with Gasteiger partial charge in [-0.3, -0.25) is 4.79 Å². The first-order chi connectivity index (χ1) is 8.79. The Kier molecular flexibility index (Phi) is 5.83. The highest BCUT2D eigenvalue weighted by Gasteiger charge is 2.29. The molecule has 2 aliphatic carbocycles. The number of rotatable bonds is 8. The zero-order valence-corrected chi connectivity index (χ0v) is 12.1. The van der Waals surface area contributed by atoms with Crippen LogP contribution in [-0.4, -0.2) is 35.7 Å². The first kappa shape index (κ1) is 14.2. The molecular weight excluding hydrogens is 246 g/mol. The number of carbonyl (C=O) groups is 1. The number of carbonyl (C=O) groups excluding carboxylic acids is 1. The fraction of sp³-hybridized carbons (Fsp3) is 0.929. The molecule has 2 fully saturated rings. The molecule has 1 unspecified atom stereocenters. The summed E-state index contributed by atoms with van der Waals surface area (Å²) in [7, 11) is 0. The van der Waals surface area contributed by atoms with E-state index in [-0.39, 0.29) is 12.0 Å². The molecule has 1 N–H and O–H groups in total. The molecule has 0 spiro atoms. The summed E-state index contributed by atoms with van der Waals surface area (Å²) in [5, 5.41) is 4.25. The molecule has 18 heavy (non-hydrogen) atoms. The van der Waals surface area contributed by atoms with Crippen LogP contribution in [0.2, 0.25) is 0 Å². The van der Waals surface area contributed by atoms with Crippen LogP contribution in [0.1, 0.15) is 51.9 Å². The van der Waals surface area contributed by atoms with Crippen molar-refractivity contribution in [3.8, 4) is 0 Å². The number of nitrogens with one attached hydrogen (secondary N) is 1. The van der Waals surface area contributed by atoms with Crippen molar-refractivity contribution in [2.24, 2.45) is 0 Å². The lowest BCUT2D eigenvalue weighted by Gasteiger charge is -2.17. The zero-order chi connectivity index (χ0) is 12.8. The Morgan fingerprint density at radius 2 is 2.06 bits per heavy atom. The number of esters is 1. The first-order valence-corrected chi connectivity index (χ1v) is 8.38. The van der Waals surface area contributed by atoms with Crippen LogP contribution in [0, 0.1) is 0 Å². The van der Waals surface area contributed by atoms with Gasteiger partial charge in [0.05, 0.1) is 6.61 Å². The number of hydrogen-bond acceptors (Lipinski definition) is 4. The Labute approximate surface area is 114 Å². The van der Waals surface area contributed by atoms with Gasteiger partial charge in [0.2, 0.25) is 0 Å². The third-order valence-corrected chi connectivity index (χ3v) is 5.06. The van der Waals surface area contributed by atoms with Gasteiger partial charge in [-0.1, -0.05) is 12.8 Å². The van der Waals surface area contributed by atoms with Crippen molar-refractivity contribution < 1.29 is 9.53 Å². The van der Waals surface area contributed by atoms with Crippen LogP contribution >= 0.6 is 11.8 Å². The molecule has 2 aliphatic rings. The molecule has 0 saturated heterocycles. The highest BCUT2D eigenvalue weighted by molar-refractivity contribution is 7.99. The topological polar surface area (TPSA) is 38.3 Å². The summed E-state index contributed by atoms with van der Waals surface area (Å²) >= 11 is 2.05. The summed E-state index contributed by atoms with van der Waals surface area (Å²) in [6.07, 6.45) is 8.85. The van der Waals surface area contributed by atoms with Gasteiger partial charge in [-0.05, 0) is 44.8 Å². The number of ether oxygens (including phenoxy) is 1. The van der Waals surface area contributed by atoms with Gasteiger partial charge in [0.1, 0.15) is 6.04 Å². The Hall–Kier alpha value is -0.220. The lowest BCUT2D eigenvalue weighted by atomic mass is 10.2. The van der Waals surface area contributed by atoms with Gasteiger partial charge in [-0.15, -0.1) is 0 Å². The predicted octanol–water partition coefficient (Wildman–Crippen LogP) is 2.74. The molecule has 4 heteroatoms. The maximum absolute atomic E-state index is 11.8. The average molecular weight is 271 g/mol. The molecule has 0 aromatic heterocycles. The Bertz CT molecular complexity index is 263. The normalized spacial score (nSPS) is 22.1. The van der Waals surface area contributed by atoms with Gasteiger partial charge in [0.15, 0.2) is 0 Å². The van der Waals surface area contributed by atoms with Crippen LogP contribution in [0.3, 0.4) is 0 Å². The van der Waals surface area contributed by atoms with Gasteiger partial charge >= 0.3 is 5.97 Å². The Morgan fingerprint density at radius 1 is 1.33 bits per heavy atom. The van der Waals surface area contributed by atoms with Crippen molar-refractivity contribution >= 4 is 17.7 Å². The van der Waals surface area contributed by atoms with Crippen molar-refractivity contribution in [2.45, 2.75) is 69.2 Å². The monoisotopic (exact) mass is 271 g/mol. The van der Waals surface area contributed by atoms with E-state index in [2.05, 4.69) is 5.32 Å². The van der Waals surface area contributed by atoms with Crippen LogP contribution < -0.4 is 5.32 Å². The van der Waals surface area contributed by atoms with Gasteiger partial charge in [-0.25, -0.2) is 0 Å². The van der Waals surface area contributed by atoms with E-state index in [4.69, 9.17) is 4.74 Å². The van der Waals surface area contributed by atoms with Gasteiger partial charge in [0, 0.05) is 11.3 Å². The predicted molar refractivity (Wildman–Crippen MR) is 75.9 cm³/mol. The molecule has 2 saturated carbocycles. The molecule has 3 nitrogen and oxygen atoms in total. The van der Waals surface area contributed by atoms with Crippen LogP contribution in [0.25, 0.3) is 0 Å². The van der Waals surface area contributed by atoms with E-state index < -0.39 is 0 Å². The maximum atomic E-state index is 11.8. The SMILES string of the molecule is CCOC(=O)C(CCSC1CCCC1)NC1CC1. The van der Waals surface area contributed by atoms with Crippen LogP contribution in [-0.2, 0) is 9.53 Å². The smallest absolute Gasteiger partial charge is 0.323 e. The van der Waals surface area contributed by atoms with E-state index >= 15 is 0 Å². The largest absolute Gasteiger partial charge is 0.465 e. The van der Waals surface area contributed by atoms with Crippen LogP contribution in [0.15, 0.2) is 0 Å².